The maximum absolute atomic E-state index is 9.60. The molecular formula is C15H20FeO3. The Morgan fingerprint density at radius 2 is 1.00 bits per heavy atom. The molecule has 106 valence electrons. The predicted molar refractivity (Wildman–Crippen MR) is 68.1 cm³/mol. The summed E-state index contributed by atoms with van der Waals surface area (Å²) in [7, 11) is 1.00. The average molecular weight is 304 g/mol. The molecule has 0 saturated carbocycles. The Morgan fingerprint density at radius 1 is 0.842 bits per heavy atom. The van der Waals surface area contributed by atoms with Crippen molar-refractivity contribution in [3.05, 3.63) is 12.2 Å². The van der Waals surface area contributed by atoms with Gasteiger partial charge in [-0.25, -0.2) is 4.79 Å². The van der Waals surface area contributed by atoms with E-state index in [1.54, 1.807) is 48.2 Å². The number of aliphatic hydroxyl groups excluding tert-OH is 1. The van der Waals surface area contributed by atoms with Crippen LogP contribution in [0.5, 0.6) is 0 Å². The van der Waals surface area contributed by atoms with Gasteiger partial charge in [0.1, 0.15) is 0 Å². The number of hydrogen-bond acceptors (Lipinski definition) is 2. The molecule has 2 N–H and O–H groups in total. The van der Waals surface area contributed by atoms with Gasteiger partial charge in [-0.05, 0) is 6.92 Å². The van der Waals surface area contributed by atoms with Gasteiger partial charge in [0.2, 0.25) is 0 Å². The molecule has 10 fully saturated rings. The van der Waals surface area contributed by atoms with Crippen LogP contribution in [0.3, 0.4) is 0 Å². The van der Waals surface area contributed by atoms with E-state index in [0.717, 1.165) is 7.11 Å². The Morgan fingerprint density at radius 3 is 1.00 bits per heavy atom. The van der Waals surface area contributed by atoms with Crippen molar-refractivity contribution in [1.82, 2.24) is 0 Å². The van der Waals surface area contributed by atoms with E-state index < -0.39 is 12.5 Å². The van der Waals surface area contributed by atoms with Crippen LogP contribution in [0.25, 0.3) is 0 Å². The molecule has 10 rings (SSSR count). The van der Waals surface area contributed by atoms with Crippen LogP contribution in [0.2, 0.25) is 48.2 Å². The normalized spacial score (nSPS) is 102. The molecule has 10 heterocycles. The zero-order valence-corrected chi connectivity index (χ0v) is 12.2. The van der Waals surface area contributed by atoms with Gasteiger partial charge in [0.05, 0.1) is 0 Å². The molecule has 0 radical (unpaired) electrons. The number of fused-ring (bicyclic) bond motifs is 10. The van der Waals surface area contributed by atoms with Crippen molar-refractivity contribution < 1.29 is 21.5 Å². The molecule has 0 aromatic carbocycles. The van der Waals surface area contributed by atoms with E-state index in [2.05, 4.69) is 6.58 Å². The van der Waals surface area contributed by atoms with E-state index in [9.17, 15) is 4.79 Å². The Labute approximate surface area is 102 Å². The van der Waals surface area contributed by atoms with E-state index in [4.69, 9.17) is 10.2 Å². The summed E-state index contributed by atoms with van der Waals surface area (Å²) >= 11 is 0. The molecule has 0 aromatic heterocycles. The maximum atomic E-state index is 9.60. The molecule has 0 aliphatic carbocycles. The van der Waals surface area contributed by atoms with Crippen molar-refractivity contribution in [1.29, 1.82) is 0 Å². The predicted octanol–water partition coefficient (Wildman–Crippen LogP) is 3.63. The van der Waals surface area contributed by atoms with Gasteiger partial charge in [-0.2, -0.15) is 0 Å². The van der Waals surface area contributed by atoms with E-state index in [1.807, 2.05) is 0 Å². The molecule has 10 saturated heterocycles. The van der Waals surface area contributed by atoms with Gasteiger partial charge < -0.3 is 10.2 Å². The van der Waals surface area contributed by atoms with Crippen LogP contribution >= 0.6 is 0 Å². The minimum absolute atomic E-state index is 0.176. The summed E-state index contributed by atoms with van der Waals surface area (Å²) < 4.78 is 0. The first-order valence-corrected chi connectivity index (χ1v) is 13.7. The van der Waals surface area contributed by atoms with Gasteiger partial charge in [-0.3, -0.25) is 0 Å². The van der Waals surface area contributed by atoms with Gasteiger partial charge in [-0.15, -0.1) is 0 Å². The summed E-state index contributed by atoms with van der Waals surface area (Å²) in [5, 5.41) is 14.9. The van der Waals surface area contributed by atoms with Crippen molar-refractivity contribution in [2.24, 2.45) is 0 Å². The molecule has 4 heteroatoms. The van der Waals surface area contributed by atoms with E-state index >= 15 is 0 Å². The molecule has 0 unspecified atom stereocenters. The van der Waals surface area contributed by atoms with Crippen LogP contribution in [0.4, 0.5) is 0 Å². The summed E-state index contributed by atoms with van der Waals surface area (Å²) in [5.41, 5.74) is 0.176. The Hall–Kier alpha value is -0.311. The molecule has 0 aromatic rings. The third kappa shape index (κ3) is 0.105. The third-order valence-electron chi connectivity index (χ3n) is 14.9. The van der Waals surface area contributed by atoms with Crippen LogP contribution in [-0.2, 0) is 11.3 Å². The molecule has 10 aliphatic heterocycles. The van der Waals surface area contributed by atoms with Crippen LogP contribution in [-0.4, -0.2) is 23.3 Å². The van der Waals surface area contributed by atoms with Gasteiger partial charge in [-0.1, -0.05) is 6.58 Å². The van der Waals surface area contributed by atoms with Gasteiger partial charge >= 0.3 is 60.6 Å². The Balaban J connectivity index is 0.0000000850. The van der Waals surface area contributed by atoms with E-state index in [-0.39, 0.29) is 5.57 Å². The minimum atomic E-state index is -2.28. The second-order valence-corrected chi connectivity index (χ2v) is 34.6. The van der Waals surface area contributed by atoms with E-state index in [1.165, 1.54) is 6.92 Å². The van der Waals surface area contributed by atoms with Crippen molar-refractivity contribution in [3.63, 3.8) is 0 Å². The topological polar surface area (TPSA) is 57.5 Å². The SMILES string of the molecule is C=C(C)C(=O)O.CO.[CH]12[CH]3[CH]4[CH]5[CH]1[Fe]23451678[CH]2[CH]1[CH]6[CH]7[CH]28. The molecular weight excluding hydrogens is 284 g/mol. The Bertz CT molecular complexity index is 752. The zero-order valence-electron chi connectivity index (χ0n) is 11.1. The molecule has 1 spiro atoms. The van der Waals surface area contributed by atoms with Crippen LogP contribution in [0, 0.1) is 0 Å². The third-order valence-corrected chi connectivity index (χ3v) is 56.8. The van der Waals surface area contributed by atoms with Crippen molar-refractivity contribution in [3.8, 4) is 0 Å². The average Bonchev–Trinajstić information content (AvgIpc) is 3.33. The van der Waals surface area contributed by atoms with Crippen molar-refractivity contribution in [2.45, 2.75) is 55.1 Å². The molecule has 10 aliphatic rings. The summed E-state index contributed by atoms with van der Waals surface area (Å²) in [6, 6.07) is 0. The number of aliphatic carboxylic acids is 1. The fourth-order valence-electron chi connectivity index (χ4n) is 15.8. The molecule has 3 nitrogen and oxygen atoms in total. The number of hydrogen-bond donors (Lipinski definition) is 2. The van der Waals surface area contributed by atoms with E-state index in [0.29, 0.717) is 0 Å². The van der Waals surface area contributed by atoms with Crippen LogP contribution in [0.15, 0.2) is 12.2 Å². The summed E-state index contributed by atoms with van der Waals surface area (Å²) in [5.74, 6) is -0.935. The number of carboxylic acid groups (broad SMARTS) is 1. The fraction of sp³-hybridized carbons (Fsp3) is 0.800. The summed E-state index contributed by atoms with van der Waals surface area (Å²) in [6.07, 6.45) is 0. The van der Waals surface area contributed by atoms with Crippen LogP contribution < -0.4 is 0 Å². The number of carboxylic acids is 1. The van der Waals surface area contributed by atoms with Gasteiger partial charge in [0.25, 0.3) is 0 Å². The summed E-state index contributed by atoms with van der Waals surface area (Å²) in [6.45, 7) is 2.32. The second kappa shape index (κ2) is 0.757. The first kappa shape index (κ1) is 8.86. The number of rotatable bonds is 1. The van der Waals surface area contributed by atoms with Gasteiger partial charge in [0, 0.05) is 12.7 Å². The summed E-state index contributed by atoms with van der Waals surface area (Å²) in [4.78, 5) is 25.5. The zero-order chi connectivity index (χ0) is 13.2. The molecule has 19 heavy (non-hydrogen) atoms. The first-order chi connectivity index (χ1) is 8.80. The number of carbonyl (C=O) groups is 1. The second-order valence-electron chi connectivity index (χ2n) is 10.7. The fourth-order valence-corrected chi connectivity index (χ4v) is 88.0. The number of aliphatic hydroxyl groups is 1. The molecule has 0 bridgehead atoms. The van der Waals surface area contributed by atoms with Crippen molar-refractivity contribution >= 4 is 5.97 Å². The van der Waals surface area contributed by atoms with Gasteiger partial charge in [0.15, 0.2) is 0 Å². The first-order valence-electron chi connectivity index (χ1n) is 7.35. The molecule has 0 amide bonds. The van der Waals surface area contributed by atoms with Crippen molar-refractivity contribution in [2.75, 3.05) is 7.11 Å². The quantitative estimate of drug-likeness (QED) is 0.574. The molecule has 0 atom stereocenters. The Kier molecular flexibility index (Phi) is 0.353. The standard InChI is InChI=1S/2C5H5.C4H6O2.CH4O.Fe/c2*1-2-4-5-3-1;1-3(2)4(5)6;1-2;/h2*1-5H;1H2,2H3,(H,5,6);2H,1H3;. The van der Waals surface area contributed by atoms with Crippen LogP contribution in [0.1, 0.15) is 6.92 Å². The monoisotopic (exact) mass is 304 g/mol.